The third-order valence-corrected chi connectivity index (χ3v) is 6.46. The van der Waals surface area contributed by atoms with Crippen molar-refractivity contribution in [3.63, 3.8) is 0 Å². The summed E-state index contributed by atoms with van der Waals surface area (Å²) < 4.78 is 34.4. The maximum absolute atomic E-state index is 13.4. The minimum absolute atomic E-state index is 0.179. The molecule has 2 aromatic rings. The SMILES string of the molecule is C[N+]1(C)C2CCC1CC(OC(c1ccc(F)cc1)c1ccc(F)cc1)C2. The van der Waals surface area contributed by atoms with Crippen LogP contribution in [0.5, 0.6) is 0 Å². The van der Waals surface area contributed by atoms with Gasteiger partial charge in [-0.15, -0.1) is 0 Å². The smallest absolute Gasteiger partial charge is 0.123 e. The first kappa shape index (κ1) is 17.6. The van der Waals surface area contributed by atoms with Gasteiger partial charge >= 0.3 is 0 Å². The molecule has 2 bridgehead atoms. The van der Waals surface area contributed by atoms with Crippen molar-refractivity contribution in [1.82, 2.24) is 0 Å². The Labute approximate surface area is 154 Å². The third kappa shape index (κ3) is 3.28. The lowest BCUT2D eigenvalue weighted by molar-refractivity contribution is -0.931. The van der Waals surface area contributed by atoms with E-state index in [9.17, 15) is 8.78 Å². The number of nitrogens with zero attached hydrogens (tertiary/aromatic N) is 1. The van der Waals surface area contributed by atoms with Gasteiger partial charge in [0, 0.05) is 25.7 Å². The lowest BCUT2D eigenvalue weighted by atomic mass is 9.96. The fourth-order valence-corrected chi connectivity index (χ4v) is 4.76. The molecule has 0 aromatic heterocycles. The molecule has 0 aliphatic carbocycles. The Morgan fingerprint density at radius 2 is 1.23 bits per heavy atom. The number of halogens is 2. The highest BCUT2D eigenvalue weighted by Gasteiger charge is 2.49. The number of benzene rings is 2. The molecule has 2 unspecified atom stereocenters. The molecule has 2 aliphatic heterocycles. The normalized spacial score (nSPS) is 27.0. The standard InChI is InChI=1S/C22H26F2NO/c1-25(2)19-11-12-20(25)14-21(13-19)26-22(15-3-7-17(23)8-4-15)16-5-9-18(24)10-6-16/h3-10,19-22H,11-14H2,1-2H3/q+1. The van der Waals surface area contributed by atoms with Crippen molar-refractivity contribution in [1.29, 1.82) is 0 Å². The van der Waals surface area contributed by atoms with Gasteiger partial charge in [-0.1, -0.05) is 24.3 Å². The minimum Gasteiger partial charge on any atom is -0.365 e. The van der Waals surface area contributed by atoms with Crippen LogP contribution in [0.2, 0.25) is 0 Å². The summed E-state index contributed by atoms with van der Waals surface area (Å²) in [6, 6.07) is 14.2. The monoisotopic (exact) mass is 358 g/mol. The predicted octanol–water partition coefficient (Wildman–Crippen LogP) is 4.84. The number of piperidine rings is 1. The first-order valence-electron chi connectivity index (χ1n) is 9.43. The molecular weight excluding hydrogens is 332 g/mol. The van der Waals surface area contributed by atoms with E-state index in [1.807, 2.05) is 0 Å². The van der Waals surface area contributed by atoms with Crippen LogP contribution in [0.1, 0.15) is 42.9 Å². The Kier molecular flexibility index (Phi) is 4.57. The summed E-state index contributed by atoms with van der Waals surface area (Å²) in [6.07, 6.45) is 4.49. The fourth-order valence-electron chi connectivity index (χ4n) is 4.76. The summed E-state index contributed by atoms with van der Waals surface area (Å²) >= 11 is 0. The van der Waals surface area contributed by atoms with Crippen molar-refractivity contribution in [2.24, 2.45) is 0 Å². The second kappa shape index (κ2) is 6.75. The zero-order valence-corrected chi connectivity index (χ0v) is 15.4. The van der Waals surface area contributed by atoms with Crippen molar-refractivity contribution >= 4 is 0 Å². The molecule has 2 aliphatic rings. The first-order chi connectivity index (χ1) is 12.4. The van der Waals surface area contributed by atoms with Crippen molar-refractivity contribution < 1.29 is 18.0 Å². The van der Waals surface area contributed by atoms with Crippen LogP contribution >= 0.6 is 0 Å². The van der Waals surface area contributed by atoms with Gasteiger partial charge in [0.2, 0.25) is 0 Å². The predicted molar refractivity (Wildman–Crippen MR) is 97.7 cm³/mol. The van der Waals surface area contributed by atoms with E-state index in [0.29, 0.717) is 12.1 Å². The summed E-state index contributed by atoms with van der Waals surface area (Å²) in [4.78, 5) is 0. The Bertz CT molecular complexity index is 695. The summed E-state index contributed by atoms with van der Waals surface area (Å²) in [7, 11) is 4.66. The van der Waals surface area contributed by atoms with E-state index in [2.05, 4.69) is 14.1 Å². The van der Waals surface area contributed by atoms with Gasteiger partial charge in [-0.05, 0) is 35.4 Å². The lowest BCUT2D eigenvalue weighted by Crippen LogP contribution is -2.56. The minimum atomic E-state index is -0.297. The molecule has 2 heterocycles. The second-order valence-corrected chi connectivity index (χ2v) is 8.23. The van der Waals surface area contributed by atoms with E-state index < -0.39 is 0 Å². The molecule has 4 rings (SSSR count). The van der Waals surface area contributed by atoms with Crippen LogP contribution in [0.25, 0.3) is 0 Å². The van der Waals surface area contributed by atoms with Gasteiger partial charge in [-0.25, -0.2) is 8.78 Å². The van der Waals surface area contributed by atoms with Gasteiger partial charge in [0.1, 0.15) is 17.7 Å². The highest BCUT2D eigenvalue weighted by atomic mass is 19.1. The Morgan fingerprint density at radius 1 is 0.808 bits per heavy atom. The van der Waals surface area contributed by atoms with Crippen LogP contribution in [0.4, 0.5) is 8.78 Å². The van der Waals surface area contributed by atoms with Gasteiger partial charge in [-0.3, -0.25) is 0 Å². The maximum Gasteiger partial charge on any atom is 0.123 e. The van der Waals surface area contributed by atoms with Crippen molar-refractivity contribution in [2.75, 3.05) is 14.1 Å². The number of hydrogen-bond acceptors (Lipinski definition) is 1. The third-order valence-electron chi connectivity index (χ3n) is 6.46. The Balaban J connectivity index is 1.59. The van der Waals surface area contributed by atoms with Gasteiger partial charge in [0.25, 0.3) is 0 Å². The summed E-state index contributed by atoms with van der Waals surface area (Å²) in [5, 5.41) is 0. The topological polar surface area (TPSA) is 9.23 Å². The molecule has 2 saturated heterocycles. The number of rotatable bonds is 4. The quantitative estimate of drug-likeness (QED) is 0.711. The summed E-state index contributed by atoms with van der Waals surface area (Å²) in [6.45, 7) is 0. The van der Waals surface area contributed by atoms with Gasteiger partial charge in [-0.2, -0.15) is 0 Å². The molecule has 0 radical (unpaired) electrons. The molecule has 2 fully saturated rings. The van der Waals surface area contributed by atoms with Crippen LogP contribution in [-0.2, 0) is 4.74 Å². The average Bonchev–Trinajstić information content (AvgIpc) is 2.78. The van der Waals surface area contributed by atoms with E-state index >= 15 is 0 Å². The molecular formula is C22H26F2NO+. The molecule has 0 spiro atoms. The highest BCUT2D eigenvalue weighted by molar-refractivity contribution is 5.30. The Morgan fingerprint density at radius 3 is 1.65 bits per heavy atom. The van der Waals surface area contributed by atoms with Gasteiger partial charge in [0.15, 0.2) is 0 Å². The largest absolute Gasteiger partial charge is 0.365 e. The van der Waals surface area contributed by atoms with Crippen LogP contribution in [0.3, 0.4) is 0 Å². The Hall–Kier alpha value is -1.78. The van der Waals surface area contributed by atoms with E-state index in [-0.39, 0.29) is 23.8 Å². The molecule has 4 heteroatoms. The number of hydrogen-bond donors (Lipinski definition) is 0. The first-order valence-corrected chi connectivity index (χ1v) is 9.43. The molecule has 2 aromatic carbocycles. The molecule has 138 valence electrons. The average molecular weight is 358 g/mol. The zero-order chi connectivity index (χ0) is 18.3. The highest BCUT2D eigenvalue weighted by Crippen LogP contribution is 2.42. The van der Waals surface area contributed by atoms with Gasteiger partial charge < -0.3 is 9.22 Å². The molecule has 0 amide bonds. The molecule has 0 N–H and O–H groups in total. The van der Waals surface area contributed by atoms with E-state index in [1.165, 1.54) is 37.1 Å². The van der Waals surface area contributed by atoms with E-state index in [1.54, 1.807) is 24.3 Å². The maximum atomic E-state index is 13.4. The van der Waals surface area contributed by atoms with E-state index in [0.717, 1.165) is 28.5 Å². The van der Waals surface area contributed by atoms with Crippen LogP contribution in [0.15, 0.2) is 48.5 Å². The van der Waals surface area contributed by atoms with Gasteiger partial charge in [0.05, 0.1) is 32.3 Å². The van der Waals surface area contributed by atoms with Crippen LogP contribution < -0.4 is 0 Å². The van der Waals surface area contributed by atoms with E-state index in [4.69, 9.17) is 4.74 Å². The number of quaternary nitrogens is 1. The fraction of sp³-hybridized carbons (Fsp3) is 0.455. The van der Waals surface area contributed by atoms with Crippen LogP contribution in [-0.4, -0.2) is 36.8 Å². The molecule has 2 atom stereocenters. The molecule has 26 heavy (non-hydrogen) atoms. The van der Waals surface area contributed by atoms with Crippen molar-refractivity contribution in [3.05, 3.63) is 71.3 Å². The second-order valence-electron chi connectivity index (χ2n) is 8.23. The van der Waals surface area contributed by atoms with Crippen molar-refractivity contribution in [3.8, 4) is 0 Å². The summed E-state index contributed by atoms with van der Waals surface area (Å²) in [5.74, 6) is -0.525. The summed E-state index contributed by atoms with van der Waals surface area (Å²) in [5.41, 5.74) is 1.81. The number of ether oxygens (including phenoxy) is 1. The molecule has 0 saturated carbocycles. The van der Waals surface area contributed by atoms with Crippen molar-refractivity contribution in [2.45, 2.75) is 50.0 Å². The lowest BCUT2D eigenvalue weighted by Gasteiger charge is -2.44. The number of fused-ring (bicyclic) bond motifs is 2. The zero-order valence-electron chi connectivity index (χ0n) is 15.4. The molecule has 2 nitrogen and oxygen atoms in total. The van der Waals surface area contributed by atoms with Crippen LogP contribution in [0, 0.1) is 11.6 Å².